The van der Waals surface area contributed by atoms with E-state index in [1.807, 2.05) is 0 Å². The van der Waals surface area contributed by atoms with Gasteiger partial charge in [-0.2, -0.15) is 0 Å². The third-order valence-corrected chi connectivity index (χ3v) is 2.86. The van der Waals surface area contributed by atoms with Crippen LogP contribution in [0.15, 0.2) is 6.20 Å². The summed E-state index contributed by atoms with van der Waals surface area (Å²) in [7, 11) is 0. The van der Waals surface area contributed by atoms with Crippen LogP contribution in [-0.4, -0.2) is 28.6 Å². The van der Waals surface area contributed by atoms with Gasteiger partial charge in [0, 0.05) is 18.1 Å². The maximum atomic E-state index is 11.7. The number of carbonyl (C=O) groups is 1. The van der Waals surface area contributed by atoms with E-state index in [4.69, 9.17) is 0 Å². The van der Waals surface area contributed by atoms with Crippen molar-refractivity contribution in [3.8, 4) is 0 Å². The molecule has 0 saturated carbocycles. The molecule has 0 aromatic carbocycles. The van der Waals surface area contributed by atoms with Crippen LogP contribution < -0.4 is 10.6 Å². The molecule has 2 rings (SSSR count). The highest BCUT2D eigenvalue weighted by Gasteiger charge is 2.21. The van der Waals surface area contributed by atoms with Gasteiger partial charge in [0.15, 0.2) is 0 Å². The van der Waals surface area contributed by atoms with E-state index in [0.717, 1.165) is 30.9 Å². The van der Waals surface area contributed by atoms with Gasteiger partial charge in [-0.25, -0.2) is 0 Å². The van der Waals surface area contributed by atoms with Gasteiger partial charge in [0.05, 0.1) is 12.1 Å². The fraction of sp³-hybridized carbons (Fsp3) is 0.625. The molecule has 1 saturated heterocycles. The molecule has 1 aliphatic heterocycles. The number of nitrogens with one attached hydrogen (secondary N) is 2. The molecule has 2 heterocycles. The summed E-state index contributed by atoms with van der Waals surface area (Å²) in [5.41, 5.74) is 0. The molecule has 1 amide bonds. The van der Waals surface area contributed by atoms with Crippen LogP contribution in [0.2, 0.25) is 0 Å². The maximum Gasteiger partial charge on any atom is 0.229 e. The van der Waals surface area contributed by atoms with Crippen LogP contribution in [0.25, 0.3) is 0 Å². The molecule has 0 radical (unpaired) electrons. The monoisotopic (exact) mass is 212 g/mol. The number of hydrogen-bond donors (Lipinski definition) is 2. The Morgan fingerprint density at radius 3 is 3.29 bits per heavy atom. The van der Waals surface area contributed by atoms with E-state index in [1.165, 1.54) is 11.5 Å². The lowest BCUT2D eigenvalue weighted by atomic mass is 9.99. The van der Waals surface area contributed by atoms with Crippen LogP contribution in [0.3, 0.4) is 0 Å². The van der Waals surface area contributed by atoms with Crippen molar-refractivity contribution in [2.45, 2.75) is 12.8 Å². The van der Waals surface area contributed by atoms with E-state index in [2.05, 4.69) is 20.2 Å². The first-order chi connectivity index (χ1) is 6.86. The van der Waals surface area contributed by atoms with E-state index in [9.17, 15) is 4.79 Å². The molecule has 0 bridgehead atoms. The SMILES string of the molecule is O=C(Nc1cnns1)[C@H]1CCCNC1. The van der Waals surface area contributed by atoms with Gasteiger partial charge in [-0.15, -0.1) is 5.10 Å². The molecule has 0 unspecified atom stereocenters. The van der Waals surface area contributed by atoms with Gasteiger partial charge in [0.1, 0.15) is 5.00 Å². The number of piperidine rings is 1. The first-order valence-corrected chi connectivity index (χ1v) is 5.42. The average molecular weight is 212 g/mol. The first kappa shape index (κ1) is 9.54. The Kier molecular flexibility index (Phi) is 3.05. The van der Waals surface area contributed by atoms with Gasteiger partial charge in [-0.1, -0.05) is 4.49 Å². The molecule has 0 spiro atoms. The minimum absolute atomic E-state index is 0.0725. The lowest BCUT2D eigenvalue weighted by Crippen LogP contribution is -2.37. The molecule has 76 valence electrons. The Hall–Kier alpha value is -1.01. The van der Waals surface area contributed by atoms with Crippen LogP contribution in [0.1, 0.15) is 12.8 Å². The Morgan fingerprint density at radius 2 is 2.64 bits per heavy atom. The molecule has 1 aromatic rings. The van der Waals surface area contributed by atoms with E-state index in [0.29, 0.717) is 0 Å². The van der Waals surface area contributed by atoms with Crippen molar-refractivity contribution in [1.29, 1.82) is 0 Å². The number of nitrogens with zero attached hydrogens (tertiary/aromatic N) is 2. The van der Waals surface area contributed by atoms with Crippen molar-refractivity contribution in [3.05, 3.63) is 6.20 Å². The van der Waals surface area contributed by atoms with Crippen LogP contribution >= 0.6 is 11.5 Å². The summed E-state index contributed by atoms with van der Waals surface area (Å²) in [4.78, 5) is 11.7. The van der Waals surface area contributed by atoms with Gasteiger partial charge in [-0.05, 0) is 19.4 Å². The molecular weight excluding hydrogens is 200 g/mol. The average Bonchev–Trinajstić information content (AvgIpc) is 2.72. The second-order valence-electron chi connectivity index (χ2n) is 3.31. The molecule has 1 aliphatic rings. The number of hydrogen-bond acceptors (Lipinski definition) is 5. The zero-order chi connectivity index (χ0) is 9.80. The largest absolute Gasteiger partial charge is 0.316 e. The van der Waals surface area contributed by atoms with E-state index < -0.39 is 0 Å². The second-order valence-corrected chi connectivity index (χ2v) is 4.10. The van der Waals surface area contributed by atoms with Crippen LogP contribution in [-0.2, 0) is 4.79 Å². The highest BCUT2D eigenvalue weighted by Crippen LogP contribution is 2.15. The lowest BCUT2D eigenvalue weighted by Gasteiger charge is -2.21. The molecule has 1 aromatic heterocycles. The lowest BCUT2D eigenvalue weighted by molar-refractivity contribution is -0.120. The number of anilines is 1. The highest BCUT2D eigenvalue weighted by molar-refractivity contribution is 7.10. The van der Waals surface area contributed by atoms with Crippen molar-refractivity contribution >= 4 is 22.4 Å². The van der Waals surface area contributed by atoms with Crippen molar-refractivity contribution in [1.82, 2.24) is 14.9 Å². The number of amides is 1. The molecule has 1 fully saturated rings. The van der Waals surface area contributed by atoms with Crippen LogP contribution in [0.4, 0.5) is 5.00 Å². The minimum atomic E-state index is 0.0725. The van der Waals surface area contributed by atoms with Crippen LogP contribution in [0, 0.1) is 5.92 Å². The van der Waals surface area contributed by atoms with Crippen molar-refractivity contribution < 1.29 is 4.79 Å². The van der Waals surface area contributed by atoms with Crippen LogP contribution in [0.5, 0.6) is 0 Å². The number of aromatic nitrogens is 2. The van der Waals surface area contributed by atoms with Gasteiger partial charge in [0.25, 0.3) is 0 Å². The van der Waals surface area contributed by atoms with Crippen molar-refractivity contribution in [2.24, 2.45) is 5.92 Å². The fourth-order valence-electron chi connectivity index (χ4n) is 1.52. The summed E-state index contributed by atoms with van der Waals surface area (Å²) in [5.74, 6) is 0.161. The van der Waals surface area contributed by atoms with Gasteiger partial charge >= 0.3 is 0 Å². The zero-order valence-electron chi connectivity index (χ0n) is 7.69. The second kappa shape index (κ2) is 4.47. The molecular formula is C8H12N4OS. The van der Waals surface area contributed by atoms with E-state index in [-0.39, 0.29) is 11.8 Å². The summed E-state index contributed by atoms with van der Waals surface area (Å²) in [6.45, 7) is 1.80. The smallest absolute Gasteiger partial charge is 0.229 e. The Labute approximate surface area is 86.1 Å². The Morgan fingerprint density at radius 1 is 1.71 bits per heavy atom. The van der Waals surface area contributed by atoms with Gasteiger partial charge < -0.3 is 10.6 Å². The zero-order valence-corrected chi connectivity index (χ0v) is 8.51. The third kappa shape index (κ3) is 2.27. The van der Waals surface area contributed by atoms with Gasteiger partial charge in [-0.3, -0.25) is 4.79 Å². The summed E-state index contributed by atoms with van der Waals surface area (Å²) >= 11 is 1.20. The topological polar surface area (TPSA) is 66.9 Å². The molecule has 5 nitrogen and oxygen atoms in total. The fourth-order valence-corrected chi connectivity index (χ4v) is 1.94. The summed E-state index contributed by atoms with van der Waals surface area (Å²) in [6, 6.07) is 0. The van der Waals surface area contributed by atoms with Crippen molar-refractivity contribution in [3.63, 3.8) is 0 Å². The third-order valence-electron chi connectivity index (χ3n) is 2.28. The molecule has 6 heteroatoms. The number of carbonyl (C=O) groups excluding carboxylic acids is 1. The number of rotatable bonds is 2. The molecule has 14 heavy (non-hydrogen) atoms. The minimum Gasteiger partial charge on any atom is -0.316 e. The molecule has 0 aliphatic carbocycles. The summed E-state index contributed by atoms with van der Waals surface area (Å²) < 4.78 is 3.68. The Bertz CT molecular complexity index is 294. The highest BCUT2D eigenvalue weighted by atomic mass is 32.1. The van der Waals surface area contributed by atoms with E-state index >= 15 is 0 Å². The summed E-state index contributed by atoms with van der Waals surface area (Å²) in [5, 5.41) is 10.4. The predicted molar refractivity (Wildman–Crippen MR) is 54.1 cm³/mol. The standard InChI is InChI=1S/C8H12N4OS/c13-8(6-2-1-3-9-4-6)11-7-5-10-12-14-7/h5-6,9H,1-4H2,(H,11,13)/t6-/m0/s1. The van der Waals surface area contributed by atoms with Gasteiger partial charge in [0.2, 0.25) is 5.91 Å². The quantitative estimate of drug-likeness (QED) is 0.748. The van der Waals surface area contributed by atoms with E-state index in [1.54, 1.807) is 6.20 Å². The Balaban J connectivity index is 1.88. The van der Waals surface area contributed by atoms with Crippen molar-refractivity contribution in [2.75, 3.05) is 18.4 Å². The predicted octanol–water partition coefficient (Wildman–Crippen LogP) is 0.476. The molecule has 2 N–H and O–H groups in total. The normalized spacial score (nSPS) is 21.9. The summed E-state index contributed by atoms with van der Waals surface area (Å²) in [6.07, 6.45) is 3.60. The first-order valence-electron chi connectivity index (χ1n) is 4.65. The molecule has 1 atom stereocenters. The maximum absolute atomic E-state index is 11.7.